The van der Waals surface area contributed by atoms with Gasteiger partial charge >= 0.3 is 12.1 Å². The molecule has 208 valence electrons. The normalized spacial score (nSPS) is 16.4. The molecule has 1 fully saturated rings. The number of methoxy groups -OCH3 is 1. The van der Waals surface area contributed by atoms with Crippen molar-refractivity contribution in [3.8, 4) is 11.4 Å². The predicted molar refractivity (Wildman–Crippen MR) is 137 cm³/mol. The van der Waals surface area contributed by atoms with Crippen LogP contribution in [0.2, 0.25) is 10.0 Å². The van der Waals surface area contributed by atoms with Crippen LogP contribution in [0.25, 0.3) is 5.69 Å². The summed E-state index contributed by atoms with van der Waals surface area (Å²) in [6.07, 6.45) is 0.284. The van der Waals surface area contributed by atoms with Gasteiger partial charge < -0.3 is 26.2 Å². The molecule has 1 saturated heterocycles. The molecule has 5 N–H and O–H groups in total. The Balaban J connectivity index is 0.000000532. The predicted octanol–water partition coefficient (Wildman–Crippen LogP) is 3.83. The lowest BCUT2D eigenvalue weighted by molar-refractivity contribution is -0.192. The van der Waals surface area contributed by atoms with Gasteiger partial charge in [0, 0.05) is 30.4 Å². The standard InChI is InChI=1S/C21H20Cl2N6O3.C2HF3O2/c1-10-3-16(27-10)11-4-12(8-25-7-11)28-20(30)17-19(24)26-9-29(21(17)31)18-14(22)5-13(32-2)6-15(18)23;3-2(4,5)1(6)7/h4-10,16,27H,3,24H2,1-2H3,(H,28,30);(H,6,7). The highest BCUT2D eigenvalue weighted by molar-refractivity contribution is 6.38. The number of nitrogens with zero attached hydrogens (tertiary/aromatic N) is 3. The summed E-state index contributed by atoms with van der Waals surface area (Å²) in [5.41, 5.74) is 6.35. The average molecular weight is 589 g/mol. The Kier molecular flexibility index (Phi) is 9.04. The van der Waals surface area contributed by atoms with E-state index in [2.05, 4.69) is 27.5 Å². The van der Waals surface area contributed by atoms with E-state index in [1.165, 1.54) is 31.8 Å². The molecule has 39 heavy (non-hydrogen) atoms. The third-order valence-electron chi connectivity index (χ3n) is 5.43. The van der Waals surface area contributed by atoms with Gasteiger partial charge in [-0.1, -0.05) is 23.2 Å². The van der Waals surface area contributed by atoms with Gasteiger partial charge in [0.25, 0.3) is 11.5 Å². The van der Waals surface area contributed by atoms with Gasteiger partial charge in [-0.2, -0.15) is 13.2 Å². The zero-order chi connectivity index (χ0) is 29.1. The Bertz CT molecular complexity index is 1440. The summed E-state index contributed by atoms with van der Waals surface area (Å²) in [6, 6.07) is 5.41. The molecule has 16 heteroatoms. The van der Waals surface area contributed by atoms with Crippen LogP contribution < -0.4 is 26.7 Å². The molecule has 2 unspecified atom stereocenters. The summed E-state index contributed by atoms with van der Waals surface area (Å²) >= 11 is 12.6. The van der Waals surface area contributed by atoms with Crippen molar-refractivity contribution in [3.63, 3.8) is 0 Å². The number of alkyl halides is 3. The number of nitrogens with one attached hydrogen (secondary N) is 2. The fraction of sp³-hybridized carbons (Fsp3) is 0.261. The van der Waals surface area contributed by atoms with Gasteiger partial charge in [0.05, 0.1) is 34.7 Å². The molecule has 2 aromatic heterocycles. The Morgan fingerprint density at radius 1 is 1.23 bits per heavy atom. The number of carbonyl (C=O) groups excluding carboxylic acids is 1. The minimum atomic E-state index is -5.08. The largest absolute Gasteiger partial charge is 0.497 e. The highest BCUT2D eigenvalue weighted by atomic mass is 35.5. The average Bonchev–Trinajstić information content (AvgIpc) is 2.82. The van der Waals surface area contributed by atoms with E-state index in [4.69, 9.17) is 43.6 Å². The van der Waals surface area contributed by atoms with Crippen molar-refractivity contribution in [3.05, 3.63) is 68.4 Å². The second kappa shape index (κ2) is 11.9. The zero-order valence-electron chi connectivity index (χ0n) is 20.2. The van der Waals surface area contributed by atoms with Gasteiger partial charge in [0.2, 0.25) is 0 Å². The highest BCUT2D eigenvalue weighted by Gasteiger charge is 2.38. The van der Waals surface area contributed by atoms with Gasteiger partial charge in [-0.3, -0.25) is 19.1 Å². The fourth-order valence-electron chi connectivity index (χ4n) is 3.55. The number of nitrogens with two attached hydrogens (primary N) is 1. The molecule has 2 atom stereocenters. The molecular weight excluding hydrogens is 568 g/mol. The number of anilines is 2. The second-order valence-corrected chi connectivity index (χ2v) is 9.05. The SMILES string of the molecule is COc1cc(Cl)c(-n2cnc(N)c(C(=O)Nc3cncc(C4CC(C)N4)c3)c2=O)c(Cl)c1.O=C(O)C(F)(F)F. The number of ether oxygens (including phenoxy) is 1. The van der Waals surface area contributed by atoms with Crippen LogP contribution in [0.1, 0.15) is 35.3 Å². The number of carboxylic acids is 1. The van der Waals surface area contributed by atoms with Crippen LogP contribution >= 0.6 is 23.2 Å². The number of amides is 1. The number of pyridine rings is 1. The van der Waals surface area contributed by atoms with E-state index >= 15 is 0 Å². The first-order valence-electron chi connectivity index (χ1n) is 11.0. The molecule has 1 aliphatic rings. The maximum absolute atomic E-state index is 13.2. The van der Waals surface area contributed by atoms with Crippen LogP contribution in [0.4, 0.5) is 24.7 Å². The number of rotatable bonds is 5. The topological polar surface area (TPSA) is 161 Å². The maximum Gasteiger partial charge on any atom is 0.490 e. The van der Waals surface area contributed by atoms with Gasteiger partial charge in [0.15, 0.2) is 0 Å². The summed E-state index contributed by atoms with van der Waals surface area (Å²) < 4.78 is 37.9. The molecule has 0 bridgehead atoms. The van der Waals surface area contributed by atoms with Crippen molar-refractivity contribution in [2.75, 3.05) is 18.2 Å². The monoisotopic (exact) mass is 588 g/mol. The first-order chi connectivity index (χ1) is 18.2. The molecule has 3 aromatic rings. The minimum absolute atomic E-state index is 0.147. The second-order valence-electron chi connectivity index (χ2n) is 8.24. The van der Waals surface area contributed by atoms with E-state index in [1.54, 1.807) is 12.3 Å². The van der Waals surface area contributed by atoms with Crippen LogP contribution in [0.3, 0.4) is 0 Å². The molecule has 11 nitrogen and oxygen atoms in total. The van der Waals surface area contributed by atoms with Crippen molar-refractivity contribution in [2.24, 2.45) is 0 Å². The number of halogens is 5. The van der Waals surface area contributed by atoms with Crippen molar-refractivity contribution in [1.82, 2.24) is 19.9 Å². The minimum Gasteiger partial charge on any atom is -0.497 e. The van der Waals surface area contributed by atoms with E-state index in [1.807, 2.05) is 0 Å². The first kappa shape index (κ1) is 29.7. The molecule has 0 radical (unpaired) electrons. The quantitative estimate of drug-likeness (QED) is 0.347. The van der Waals surface area contributed by atoms with Crippen LogP contribution in [0.15, 0.2) is 41.7 Å². The van der Waals surface area contributed by atoms with Crippen molar-refractivity contribution in [2.45, 2.75) is 31.6 Å². The van der Waals surface area contributed by atoms with Gasteiger partial charge in [-0.15, -0.1) is 0 Å². The van der Waals surface area contributed by atoms with E-state index < -0.39 is 23.6 Å². The van der Waals surface area contributed by atoms with Crippen molar-refractivity contribution in [1.29, 1.82) is 0 Å². The maximum atomic E-state index is 13.2. The molecule has 0 spiro atoms. The first-order valence-corrected chi connectivity index (χ1v) is 11.7. The van der Waals surface area contributed by atoms with Crippen LogP contribution in [-0.2, 0) is 4.79 Å². The van der Waals surface area contributed by atoms with Crippen molar-refractivity contribution < 1.29 is 32.6 Å². The molecule has 0 aliphatic carbocycles. The van der Waals surface area contributed by atoms with E-state index in [-0.39, 0.29) is 33.2 Å². The summed E-state index contributed by atoms with van der Waals surface area (Å²) in [5.74, 6) is -3.28. The smallest absolute Gasteiger partial charge is 0.490 e. The highest BCUT2D eigenvalue weighted by Crippen LogP contribution is 2.33. The molecule has 3 heterocycles. The number of hydrogen-bond acceptors (Lipinski definition) is 8. The summed E-state index contributed by atoms with van der Waals surface area (Å²) in [7, 11) is 1.46. The fourth-order valence-corrected chi connectivity index (χ4v) is 4.19. The third-order valence-corrected chi connectivity index (χ3v) is 6.01. The number of carbonyl (C=O) groups is 2. The third kappa shape index (κ3) is 6.96. The number of nitrogen functional groups attached to an aromatic ring is 1. The molecule has 1 aromatic carbocycles. The molecule has 0 saturated carbocycles. The van der Waals surface area contributed by atoms with Crippen LogP contribution in [0.5, 0.6) is 5.75 Å². The summed E-state index contributed by atoms with van der Waals surface area (Å²) in [5, 5.41) is 13.5. The molecule has 4 rings (SSSR count). The van der Waals surface area contributed by atoms with E-state index in [0.717, 1.165) is 16.6 Å². The van der Waals surface area contributed by atoms with Crippen molar-refractivity contribution >= 4 is 46.6 Å². The number of benzene rings is 1. The van der Waals surface area contributed by atoms with Gasteiger partial charge in [-0.25, -0.2) is 9.78 Å². The Morgan fingerprint density at radius 2 is 1.82 bits per heavy atom. The van der Waals surface area contributed by atoms with Crippen LogP contribution in [-0.4, -0.2) is 50.8 Å². The van der Waals surface area contributed by atoms with E-state index in [9.17, 15) is 22.8 Å². The number of aliphatic carboxylic acids is 1. The number of hydrogen-bond donors (Lipinski definition) is 4. The molecule has 1 aliphatic heterocycles. The lowest BCUT2D eigenvalue weighted by atomic mass is 9.93. The Labute approximate surface area is 228 Å². The van der Waals surface area contributed by atoms with Crippen LogP contribution in [0, 0.1) is 0 Å². The van der Waals surface area contributed by atoms with Gasteiger partial charge in [0.1, 0.15) is 23.5 Å². The molecule has 1 amide bonds. The Hall–Kier alpha value is -3.88. The number of aromatic nitrogens is 3. The Morgan fingerprint density at radius 3 is 2.33 bits per heavy atom. The zero-order valence-corrected chi connectivity index (χ0v) is 21.7. The lowest BCUT2D eigenvalue weighted by Crippen LogP contribution is -2.43. The van der Waals surface area contributed by atoms with Gasteiger partial charge in [-0.05, 0) is 25.0 Å². The van der Waals surface area contributed by atoms with E-state index in [0.29, 0.717) is 17.5 Å². The lowest BCUT2D eigenvalue weighted by Gasteiger charge is -2.35. The molecular formula is C23H21Cl2F3N6O5. The number of carboxylic acid groups (broad SMARTS) is 1. The summed E-state index contributed by atoms with van der Waals surface area (Å²) in [4.78, 5) is 43.2. The summed E-state index contributed by atoms with van der Waals surface area (Å²) in [6.45, 7) is 2.09.